The second kappa shape index (κ2) is 8.35. The highest BCUT2D eigenvalue weighted by Gasteiger charge is 2.14. The van der Waals surface area contributed by atoms with Crippen molar-refractivity contribution in [1.29, 1.82) is 0 Å². The Kier molecular flexibility index (Phi) is 5.71. The Labute approximate surface area is 157 Å². The molecular weight excluding hydrogens is 346 g/mol. The number of benzene rings is 2. The van der Waals surface area contributed by atoms with E-state index in [1.807, 2.05) is 24.3 Å². The molecule has 0 aliphatic carbocycles. The number of hydrogen-bond acceptors (Lipinski definition) is 6. The molecule has 1 heterocycles. The van der Waals surface area contributed by atoms with E-state index in [9.17, 15) is 4.79 Å². The van der Waals surface area contributed by atoms with Crippen molar-refractivity contribution in [2.45, 2.75) is 19.8 Å². The average Bonchev–Trinajstić information content (AvgIpc) is 3.16. The van der Waals surface area contributed by atoms with E-state index in [-0.39, 0.29) is 24.2 Å². The average molecular weight is 367 g/mol. The summed E-state index contributed by atoms with van der Waals surface area (Å²) in [6.07, 6.45) is 1.20. The zero-order valence-corrected chi connectivity index (χ0v) is 15.5. The fourth-order valence-corrected chi connectivity index (χ4v) is 2.56. The van der Waals surface area contributed by atoms with Gasteiger partial charge in [-0.1, -0.05) is 36.3 Å². The molecule has 0 atom stereocenters. The summed E-state index contributed by atoms with van der Waals surface area (Å²) in [5.74, 6) is 1.24. The van der Waals surface area contributed by atoms with Gasteiger partial charge in [0.2, 0.25) is 11.8 Å². The van der Waals surface area contributed by atoms with Crippen molar-refractivity contribution in [3.63, 3.8) is 0 Å². The van der Waals surface area contributed by atoms with Crippen LogP contribution in [0.5, 0.6) is 11.5 Å². The zero-order valence-electron chi connectivity index (χ0n) is 15.5. The number of aromatic nitrogens is 2. The van der Waals surface area contributed by atoms with Crippen LogP contribution in [0.4, 0.5) is 6.01 Å². The lowest BCUT2D eigenvalue weighted by Gasteiger charge is -2.05. The van der Waals surface area contributed by atoms with Gasteiger partial charge >= 0.3 is 6.01 Å². The van der Waals surface area contributed by atoms with Gasteiger partial charge in [0.05, 0.1) is 20.6 Å². The van der Waals surface area contributed by atoms with Crippen LogP contribution in [-0.2, 0) is 17.6 Å². The molecule has 1 N–H and O–H groups in total. The van der Waals surface area contributed by atoms with Gasteiger partial charge in [-0.05, 0) is 29.7 Å². The minimum absolute atomic E-state index is 0.0435. The number of ether oxygens (including phenoxy) is 2. The van der Waals surface area contributed by atoms with Crippen molar-refractivity contribution in [3.8, 4) is 23.0 Å². The molecule has 27 heavy (non-hydrogen) atoms. The number of hydrogen-bond donors (Lipinski definition) is 1. The number of nitrogens with one attached hydrogen (secondary N) is 1. The highest BCUT2D eigenvalue weighted by Crippen LogP contribution is 2.29. The Morgan fingerprint density at radius 3 is 2.22 bits per heavy atom. The van der Waals surface area contributed by atoms with Crippen LogP contribution in [0.1, 0.15) is 18.1 Å². The van der Waals surface area contributed by atoms with Gasteiger partial charge in [-0.15, -0.1) is 5.10 Å². The number of nitrogens with zero attached hydrogens (tertiary/aromatic N) is 2. The molecule has 0 saturated heterocycles. The number of methoxy groups -OCH3 is 2. The van der Waals surface area contributed by atoms with Crippen LogP contribution in [0, 0.1) is 0 Å². The van der Waals surface area contributed by atoms with Crippen molar-refractivity contribution in [2.75, 3.05) is 19.5 Å². The highest BCUT2D eigenvalue weighted by atomic mass is 16.5. The smallest absolute Gasteiger partial charge is 0.322 e. The van der Waals surface area contributed by atoms with Crippen LogP contribution in [0.25, 0.3) is 11.5 Å². The van der Waals surface area contributed by atoms with E-state index in [4.69, 9.17) is 13.9 Å². The first-order valence-electron chi connectivity index (χ1n) is 8.56. The fraction of sp³-hybridized carbons (Fsp3) is 0.250. The number of anilines is 1. The van der Waals surface area contributed by atoms with E-state index in [2.05, 4.69) is 22.4 Å². The number of carbonyl (C=O) groups excluding carboxylic acids is 1. The summed E-state index contributed by atoms with van der Waals surface area (Å²) in [7, 11) is 3.12. The van der Waals surface area contributed by atoms with E-state index in [1.54, 1.807) is 32.4 Å². The van der Waals surface area contributed by atoms with Crippen LogP contribution in [0.2, 0.25) is 0 Å². The van der Waals surface area contributed by atoms with Crippen molar-refractivity contribution in [1.82, 2.24) is 10.2 Å². The molecule has 2 aromatic carbocycles. The first-order valence-corrected chi connectivity index (χ1v) is 8.56. The summed E-state index contributed by atoms with van der Waals surface area (Å²) < 4.78 is 16.0. The molecule has 1 amide bonds. The van der Waals surface area contributed by atoms with Crippen molar-refractivity contribution >= 4 is 11.9 Å². The Morgan fingerprint density at radius 1 is 1.00 bits per heavy atom. The zero-order chi connectivity index (χ0) is 19.2. The van der Waals surface area contributed by atoms with Crippen LogP contribution in [0.3, 0.4) is 0 Å². The van der Waals surface area contributed by atoms with Gasteiger partial charge < -0.3 is 13.9 Å². The summed E-state index contributed by atoms with van der Waals surface area (Å²) in [5, 5.41) is 10.5. The lowest BCUT2D eigenvalue weighted by Crippen LogP contribution is -2.14. The maximum atomic E-state index is 12.2. The monoisotopic (exact) mass is 367 g/mol. The minimum atomic E-state index is -0.224. The molecule has 0 unspecified atom stereocenters. The van der Waals surface area contributed by atoms with E-state index >= 15 is 0 Å². The first-order chi connectivity index (χ1) is 13.1. The molecule has 0 spiro atoms. The molecule has 0 fully saturated rings. The minimum Gasteiger partial charge on any atom is -0.497 e. The summed E-state index contributed by atoms with van der Waals surface area (Å²) in [6, 6.07) is 13.2. The molecule has 0 bridgehead atoms. The van der Waals surface area contributed by atoms with Crippen LogP contribution in [-0.4, -0.2) is 30.3 Å². The van der Waals surface area contributed by atoms with Gasteiger partial charge in [0.25, 0.3) is 0 Å². The largest absolute Gasteiger partial charge is 0.497 e. The Morgan fingerprint density at radius 2 is 1.63 bits per heavy atom. The van der Waals surface area contributed by atoms with Crippen molar-refractivity contribution in [3.05, 3.63) is 53.6 Å². The van der Waals surface area contributed by atoms with Crippen LogP contribution < -0.4 is 14.8 Å². The molecule has 0 aliphatic heterocycles. The molecular formula is C20H21N3O4. The van der Waals surface area contributed by atoms with E-state index in [0.29, 0.717) is 17.1 Å². The molecule has 3 aromatic rings. The van der Waals surface area contributed by atoms with Crippen molar-refractivity contribution in [2.24, 2.45) is 0 Å². The van der Waals surface area contributed by atoms with Gasteiger partial charge in [0.1, 0.15) is 11.5 Å². The van der Waals surface area contributed by atoms with Gasteiger partial charge in [-0.25, -0.2) is 0 Å². The molecule has 7 heteroatoms. The van der Waals surface area contributed by atoms with Gasteiger partial charge in [-0.3, -0.25) is 10.1 Å². The molecule has 0 saturated carbocycles. The third kappa shape index (κ3) is 4.63. The van der Waals surface area contributed by atoms with Crippen LogP contribution in [0.15, 0.2) is 46.9 Å². The van der Waals surface area contributed by atoms with Crippen LogP contribution >= 0.6 is 0 Å². The second-order valence-electron chi connectivity index (χ2n) is 5.91. The van der Waals surface area contributed by atoms with E-state index in [0.717, 1.165) is 12.0 Å². The third-order valence-electron chi connectivity index (χ3n) is 4.07. The Hall–Kier alpha value is -3.35. The second-order valence-corrected chi connectivity index (χ2v) is 5.91. The number of rotatable bonds is 7. The highest BCUT2D eigenvalue weighted by molar-refractivity contribution is 5.90. The van der Waals surface area contributed by atoms with Gasteiger partial charge in [0, 0.05) is 11.6 Å². The molecule has 0 aliphatic rings. The fourth-order valence-electron chi connectivity index (χ4n) is 2.56. The maximum absolute atomic E-state index is 12.2. The molecule has 140 valence electrons. The van der Waals surface area contributed by atoms with E-state index < -0.39 is 0 Å². The standard InChI is InChI=1S/C20H21N3O4/c1-4-13-5-7-14(8-6-13)9-18(24)21-20-23-22-19(27-20)15-10-16(25-2)12-17(11-15)26-3/h5-8,10-12H,4,9H2,1-3H3,(H,21,23,24). The topological polar surface area (TPSA) is 86.5 Å². The first kappa shape index (κ1) is 18.4. The number of aryl methyl sites for hydroxylation is 1. The Balaban J connectivity index is 1.69. The molecule has 7 nitrogen and oxygen atoms in total. The molecule has 3 rings (SSSR count). The van der Waals surface area contributed by atoms with E-state index in [1.165, 1.54) is 5.56 Å². The summed E-state index contributed by atoms with van der Waals surface area (Å²) in [5.41, 5.74) is 2.78. The lowest BCUT2D eigenvalue weighted by atomic mass is 10.1. The summed E-state index contributed by atoms with van der Waals surface area (Å²) >= 11 is 0. The predicted molar refractivity (Wildman–Crippen MR) is 101 cm³/mol. The number of carbonyl (C=O) groups is 1. The Bertz CT molecular complexity index is 897. The normalized spacial score (nSPS) is 10.5. The molecule has 1 aromatic heterocycles. The number of amides is 1. The SMILES string of the molecule is CCc1ccc(CC(=O)Nc2nnc(-c3cc(OC)cc(OC)c3)o2)cc1. The lowest BCUT2D eigenvalue weighted by molar-refractivity contribution is -0.115. The summed E-state index contributed by atoms with van der Waals surface area (Å²) in [6.45, 7) is 2.09. The predicted octanol–water partition coefficient (Wildman–Crippen LogP) is 3.50. The molecule has 0 radical (unpaired) electrons. The third-order valence-corrected chi connectivity index (χ3v) is 4.07. The quantitative estimate of drug-likeness (QED) is 0.688. The van der Waals surface area contributed by atoms with Crippen molar-refractivity contribution < 1.29 is 18.7 Å². The maximum Gasteiger partial charge on any atom is 0.322 e. The van der Waals surface area contributed by atoms with Gasteiger partial charge in [0.15, 0.2) is 0 Å². The van der Waals surface area contributed by atoms with Gasteiger partial charge in [-0.2, -0.15) is 0 Å². The summed E-state index contributed by atoms with van der Waals surface area (Å²) in [4.78, 5) is 12.2.